The van der Waals surface area contributed by atoms with Gasteiger partial charge < -0.3 is 14.6 Å². The van der Waals surface area contributed by atoms with Gasteiger partial charge in [-0.2, -0.15) is 16.3 Å². The molecule has 1 aliphatic rings. The van der Waals surface area contributed by atoms with E-state index in [1.54, 1.807) is 11.3 Å². The van der Waals surface area contributed by atoms with E-state index in [4.69, 9.17) is 9.26 Å². The highest BCUT2D eigenvalue weighted by molar-refractivity contribution is 7.08. The standard InChI is InChI=1S/C13H17N3O2S/c1-5-14-6-2-11(1)17-7-3-12-15-13(16-18-12)10-4-8-19-9-10/h4,8-9,11,14H,1-3,5-7H2. The molecule has 0 atom stereocenters. The van der Waals surface area contributed by atoms with Crippen molar-refractivity contribution in [2.75, 3.05) is 19.7 Å². The van der Waals surface area contributed by atoms with Crippen molar-refractivity contribution in [1.29, 1.82) is 0 Å². The van der Waals surface area contributed by atoms with E-state index in [0.717, 1.165) is 31.5 Å². The van der Waals surface area contributed by atoms with Crippen LogP contribution in [-0.4, -0.2) is 35.9 Å². The second-order valence-corrected chi connectivity index (χ2v) is 5.37. The Kier molecular flexibility index (Phi) is 4.22. The van der Waals surface area contributed by atoms with Crippen LogP contribution >= 0.6 is 11.3 Å². The summed E-state index contributed by atoms with van der Waals surface area (Å²) in [4.78, 5) is 4.37. The summed E-state index contributed by atoms with van der Waals surface area (Å²) in [5.74, 6) is 1.31. The summed E-state index contributed by atoms with van der Waals surface area (Å²) in [6.07, 6.45) is 3.23. The molecule has 0 spiro atoms. The minimum absolute atomic E-state index is 0.375. The van der Waals surface area contributed by atoms with Crippen LogP contribution in [0.2, 0.25) is 0 Å². The average molecular weight is 279 g/mol. The predicted octanol–water partition coefficient (Wildman–Crippen LogP) is 2.11. The number of hydrogen-bond donors (Lipinski definition) is 1. The minimum Gasteiger partial charge on any atom is -0.378 e. The zero-order chi connectivity index (χ0) is 12.9. The lowest BCUT2D eigenvalue weighted by Gasteiger charge is -2.22. The maximum atomic E-state index is 5.82. The van der Waals surface area contributed by atoms with E-state index >= 15 is 0 Å². The van der Waals surface area contributed by atoms with Crippen molar-refractivity contribution >= 4 is 11.3 Å². The average Bonchev–Trinajstić information content (AvgIpc) is 3.10. The SMILES string of the molecule is c1cc(-c2noc(CCOC3CCNCC3)n2)cs1. The molecule has 2 aromatic heterocycles. The highest BCUT2D eigenvalue weighted by Crippen LogP contribution is 2.18. The Morgan fingerprint density at radius 1 is 1.42 bits per heavy atom. The number of nitrogens with one attached hydrogen (secondary N) is 1. The molecule has 5 nitrogen and oxygen atoms in total. The van der Waals surface area contributed by atoms with Gasteiger partial charge in [-0.3, -0.25) is 0 Å². The van der Waals surface area contributed by atoms with Crippen LogP contribution in [0.4, 0.5) is 0 Å². The third-order valence-corrected chi connectivity index (χ3v) is 3.89. The quantitative estimate of drug-likeness (QED) is 0.908. The fourth-order valence-electron chi connectivity index (χ4n) is 2.14. The van der Waals surface area contributed by atoms with Crippen LogP contribution in [0.5, 0.6) is 0 Å². The molecule has 1 N–H and O–H groups in total. The molecule has 6 heteroatoms. The number of aromatic nitrogens is 2. The molecule has 0 bridgehead atoms. The summed E-state index contributed by atoms with van der Waals surface area (Å²) in [5.41, 5.74) is 1.01. The highest BCUT2D eigenvalue weighted by Gasteiger charge is 2.14. The Bertz CT molecular complexity index is 492. The zero-order valence-electron chi connectivity index (χ0n) is 10.7. The summed E-state index contributed by atoms with van der Waals surface area (Å²) in [7, 11) is 0. The second kappa shape index (κ2) is 6.27. The summed E-state index contributed by atoms with van der Waals surface area (Å²) < 4.78 is 11.1. The first kappa shape index (κ1) is 12.8. The number of rotatable bonds is 5. The molecule has 2 aromatic rings. The minimum atomic E-state index is 0.375. The van der Waals surface area contributed by atoms with Gasteiger partial charge in [0.05, 0.1) is 19.1 Å². The summed E-state index contributed by atoms with van der Waals surface area (Å²) >= 11 is 1.63. The Labute approximate surface area is 116 Å². The second-order valence-electron chi connectivity index (χ2n) is 4.59. The molecule has 1 saturated heterocycles. The van der Waals surface area contributed by atoms with Gasteiger partial charge in [-0.1, -0.05) is 5.16 Å². The maximum Gasteiger partial charge on any atom is 0.229 e. The predicted molar refractivity (Wildman–Crippen MR) is 73.2 cm³/mol. The number of piperidine rings is 1. The van der Waals surface area contributed by atoms with E-state index < -0.39 is 0 Å². The monoisotopic (exact) mass is 279 g/mol. The van der Waals surface area contributed by atoms with Gasteiger partial charge in [-0.25, -0.2) is 0 Å². The lowest BCUT2D eigenvalue weighted by Crippen LogP contribution is -2.32. The molecular formula is C13H17N3O2S. The highest BCUT2D eigenvalue weighted by atomic mass is 32.1. The molecule has 0 aromatic carbocycles. The smallest absolute Gasteiger partial charge is 0.229 e. The van der Waals surface area contributed by atoms with Gasteiger partial charge in [0.1, 0.15) is 0 Å². The molecule has 0 unspecified atom stereocenters. The van der Waals surface area contributed by atoms with E-state index in [1.807, 2.05) is 16.8 Å². The lowest BCUT2D eigenvalue weighted by molar-refractivity contribution is 0.0322. The Hall–Kier alpha value is -1.24. The van der Waals surface area contributed by atoms with Crippen LogP contribution in [0, 0.1) is 0 Å². The summed E-state index contributed by atoms with van der Waals surface area (Å²) in [6, 6.07) is 1.99. The van der Waals surface area contributed by atoms with Crippen molar-refractivity contribution in [1.82, 2.24) is 15.5 Å². The molecule has 3 rings (SSSR count). The molecule has 0 aliphatic carbocycles. The maximum absolute atomic E-state index is 5.82. The molecular weight excluding hydrogens is 262 g/mol. The Morgan fingerprint density at radius 3 is 3.11 bits per heavy atom. The van der Waals surface area contributed by atoms with Crippen molar-refractivity contribution in [3.8, 4) is 11.4 Å². The first-order valence-corrected chi connectivity index (χ1v) is 7.53. The molecule has 0 saturated carbocycles. The first-order chi connectivity index (χ1) is 9.42. The van der Waals surface area contributed by atoms with Crippen molar-refractivity contribution < 1.29 is 9.26 Å². The van der Waals surface area contributed by atoms with Gasteiger partial charge in [0.25, 0.3) is 0 Å². The molecule has 102 valence electrons. The normalized spacial score (nSPS) is 16.8. The third-order valence-electron chi connectivity index (χ3n) is 3.20. The summed E-state index contributed by atoms with van der Waals surface area (Å²) in [6.45, 7) is 2.75. The van der Waals surface area contributed by atoms with Gasteiger partial charge in [-0.15, -0.1) is 0 Å². The van der Waals surface area contributed by atoms with E-state index in [0.29, 0.717) is 30.8 Å². The van der Waals surface area contributed by atoms with Crippen LogP contribution in [0.1, 0.15) is 18.7 Å². The number of thiophene rings is 1. The van der Waals surface area contributed by atoms with Crippen molar-refractivity contribution in [2.45, 2.75) is 25.4 Å². The zero-order valence-corrected chi connectivity index (χ0v) is 11.5. The molecule has 0 radical (unpaired) electrons. The van der Waals surface area contributed by atoms with Gasteiger partial charge in [0.2, 0.25) is 11.7 Å². The topological polar surface area (TPSA) is 60.2 Å². The Balaban J connectivity index is 1.48. The number of ether oxygens (including phenoxy) is 1. The number of nitrogens with zero attached hydrogens (tertiary/aromatic N) is 2. The van der Waals surface area contributed by atoms with Crippen LogP contribution in [0.15, 0.2) is 21.3 Å². The fraction of sp³-hybridized carbons (Fsp3) is 0.538. The lowest BCUT2D eigenvalue weighted by atomic mass is 10.1. The molecule has 19 heavy (non-hydrogen) atoms. The fourth-order valence-corrected chi connectivity index (χ4v) is 2.77. The van der Waals surface area contributed by atoms with Crippen LogP contribution < -0.4 is 5.32 Å². The van der Waals surface area contributed by atoms with Crippen molar-refractivity contribution in [3.05, 3.63) is 22.7 Å². The van der Waals surface area contributed by atoms with Crippen LogP contribution in [0.25, 0.3) is 11.4 Å². The van der Waals surface area contributed by atoms with Gasteiger partial charge in [0.15, 0.2) is 0 Å². The van der Waals surface area contributed by atoms with Gasteiger partial charge >= 0.3 is 0 Å². The first-order valence-electron chi connectivity index (χ1n) is 6.59. The van der Waals surface area contributed by atoms with E-state index in [2.05, 4.69) is 15.5 Å². The largest absolute Gasteiger partial charge is 0.378 e. The Morgan fingerprint density at radius 2 is 2.32 bits per heavy atom. The number of hydrogen-bond acceptors (Lipinski definition) is 6. The van der Waals surface area contributed by atoms with Crippen molar-refractivity contribution in [3.63, 3.8) is 0 Å². The van der Waals surface area contributed by atoms with Crippen LogP contribution in [0.3, 0.4) is 0 Å². The third kappa shape index (κ3) is 3.40. The van der Waals surface area contributed by atoms with Gasteiger partial charge in [0, 0.05) is 10.9 Å². The van der Waals surface area contributed by atoms with Crippen LogP contribution in [-0.2, 0) is 11.2 Å². The van der Waals surface area contributed by atoms with Gasteiger partial charge in [-0.05, 0) is 37.4 Å². The van der Waals surface area contributed by atoms with Crippen molar-refractivity contribution in [2.24, 2.45) is 0 Å². The molecule has 1 aliphatic heterocycles. The van der Waals surface area contributed by atoms with E-state index in [9.17, 15) is 0 Å². The van der Waals surface area contributed by atoms with E-state index in [1.165, 1.54) is 0 Å². The molecule has 1 fully saturated rings. The molecule has 0 amide bonds. The summed E-state index contributed by atoms with van der Waals surface area (Å²) in [5, 5.41) is 11.3. The molecule has 3 heterocycles. The van der Waals surface area contributed by atoms with E-state index in [-0.39, 0.29) is 0 Å².